The van der Waals surface area contributed by atoms with E-state index in [1.165, 1.54) is 24.4 Å². The Kier molecular flexibility index (Phi) is 4.32. The van der Waals surface area contributed by atoms with E-state index in [1.807, 2.05) is 0 Å². The number of aryl methyl sites for hydroxylation is 1. The van der Waals surface area contributed by atoms with Crippen molar-refractivity contribution in [2.45, 2.75) is 11.8 Å². The minimum atomic E-state index is -4.02. The topological polar surface area (TPSA) is 95.7 Å². The maximum Gasteiger partial charge on any atom is 0.264 e. The molecule has 2 aromatic heterocycles. The molecular formula is C12H8Cl2N4O2S. The Labute approximate surface area is 131 Å². The summed E-state index contributed by atoms with van der Waals surface area (Å²) in [4.78, 5) is 7.25. The first-order valence-corrected chi connectivity index (χ1v) is 7.79. The van der Waals surface area contributed by atoms with Crippen LogP contribution in [-0.2, 0) is 10.0 Å². The molecule has 2 heterocycles. The smallest absolute Gasteiger partial charge is 0.264 e. The van der Waals surface area contributed by atoms with Gasteiger partial charge in [0.1, 0.15) is 16.1 Å². The number of sulfonamides is 1. The lowest BCUT2D eigenvalue weighted by Gasteiger charge is -2.12. The predicted octanol–water partition coefficient (Wildman–Crippen LogP) is 2.76. The van der Waals surface area contributed by atoms with E-state index in [0.29, 0.717) is 5.56 Å². The first-order valence-electron chi connectivity index (χ1n) is 5.55. The molecule has 0 aliphatic heterocycles. The molecule has 0 spiro atoms. The van der Waals surface area contributed by atoms with Crippen LogP contribution in [0.5, 0.6) is 0 Å². The summed E-state index contributed by atoms with van der Waals surface area (Å²) in [6.45, 7) is 1.63. The van der Waals surface area contributed by atoms with Crippen LogP contribution in [-0.4, -0.2) is 18.4 Å². The average Bonchev–Trinajstić information content (AvgIpc) is 2.43. The van der Waals surface area contributed by atoms with Gasteiger partial charge in [0.05, 0.1) is 5.69 Å². The second-order valence-corrected chi connectivity index (χ2v) is 6.39. The highest BCUT2D eigenvalue weighted by Gasteiger charge is 2.22. The molecule has 21 heavy (non-hydrogen) atoms. The number of hydrogen-bond acceptors (Lipinski definition) is 5. The molecule has 6 nitrogen and oxygen atoms in total. The van der Waals surface area contributed by atoms with Crippen LogP contribution >= 0.6 is 23.2 Å². The Hall–Kier alpha value is -1.88. The van der Waals surface area contributed by atoms with Gasteiger partial charge in [0.2, 0.25) is 0 Å². The lowest BCUT2D eigenvalue weighted by molar-refractivity contribution is 0.600. The van der Waals surface area contributed by atoms with Crippen molar-refractivity contribution in [3.63, 3.8) is 0 Å². The molecule has 2 rings (SSSR count). The summed E-state index contributed by atoms with van der Waals surface area (Å²) >= 11 is 11.6. The van der Waals surface area contributed by atoms with Crippen LogP contribution in [0.15, 0.2) is 29.3 Å². The van der Waals surface area contributed by atoms with Gasteiger partial charge in [0.15, 0.2) is 10.8 Å². The Morgan fingerprint density at radius 3 is 2.71 bits per heavy atom. The normalized spacial score (nSPS) is 11.0. The van der Waals surface area contributed by atoms with Crippen molar-refractivity contribution in [1.29, 1.82) is 5.26 Å². The van der Waals surface area contributed by atoms with Gasteiger partial charge in [-0.05, 0) is 30.7 Å². The van der Waals surface area contributed by atoms with E-state index < -0.39 is 10.0 Å². The quantitative estimate of drug-likeness (QED) is 0.865. The SMILES string of the molecule is Cc1cc(Cl)nc(Cl)c1NS(=O)(=O)c1cccnc1C#N. The van der Waals surface area contributed by atoms with Gasteiger partial charge in [-0.25, -0.2) is 18.4 Å². The molecule has 2 aromatic rings. The Bertz CT molecular complexity index is 824. The molecule has 0 amide bonds. The van der Waals surface area contributed by atoms with Gasteiger partial charge in [-0.3, -0.25) is 4.72 Å². The van der Waals surface area contributed by atoms with Crippen LogP contribution in [0, 0.1) is 18.3 Å². The highest BCUT2D eigenvalue weighted by molar-refractivity contribution is 7.92. The number of nitrogens with zero attached hydrogens (tertiary/aromatic N) is 3. The summed E-state index contributed by atoms with van der Waals surface area (Å²) in [5.74, 6) is 0. The minimum Gasteiger partial charge on any atom is -0.276 e. The Balaban J connectivity index is 2.51. The second kappa shape index (κ2) is 5.85. The summed E-state index contributed by atoms with van der Waals surface area (Å²) in [6, 6.07) is 5.90. The highest BCUT2D eigenvalue weighted by Crippen LogP contribution is 2.29. The molecular weight excluding hydrogens is 335 g/mol. The molecule has 0 atom stereocenters. The van der Waals surface area contributed by atoms with Crippen molar-refractivity contribution in [3.8, 4) is 6.07 Å². The third kappa shape index (κ3) is 3.24. The number of nitriles is 1. The zero-order valence-electron chi connectivity index (χ0n) is 10.6. The van der Waals surface area contributed by atoms with Crippen LogP contribution < -0.4 is 4.72 Å². The molecule has 0 saturated carbocycles. The van der Waals surface area contributed by atoms with Crippen molar-refractivity contribution in [3.05, 3.63) is 46.0 Å². The lowest BCUT2D eigenvalue weighted by Crippen LogP contribution is -2.16. The van der Waals surface area contributed by atoms with Crippen LogP contribution in [0.2, 0.25) is 10.3 Å². The Morgan fingerprint density at radius 2 is 2.10 bits per heavy atom. The molecule has 0 saturated heterocycles. The Morgan fingerprint density at radius 1 is 1.38 bits per heavy atom. The van der Waals surface area contributed by atoms with E-state index in [9.17, 15) is 8.42 Å². The summed E-state index contributed by atoms with van der Waals surface area (Å²) in [6.07, 6.45) is 1.33. The van der Waals surface area contributed by atoms with E-state index >= 15 is 0 Å². The zero-order valence-corrected chi connectivity index (χ0v) is 13.0. The fraction of sp³-hybridized carbons (Fsp3) is 0.0833. The van der Waals surface area contributed by atoms with Crippen molar-refractivity contribution in [2.24, 2.45) is 0 Å². The fourth-order valence-corrected chi connectivity index (χ4v) is 3.48. The average molecular weight is 343 g/mol. The fourth-order valence-electron chi connectivity index (χ4n) is 1.60. The number of hydrogen-bond donors (Lipinski definition) is 1. The highest BCUT2D eigenvalue weighted by atomic mass is 35.5. The molecule has 108 valence electrons. The molecule has 1 N–H and O–H groups in total. The maximum absolute atomic E-state index is 12.3. The number of anilines is 1. The largest absolute Gasteiger partial charge is 0.276 e. The van der Waals surface area contributed by atoms with E-state index in [-0.39, 0.29) is 26.6 Å². The van der Waals surface area contributed by atoms with Gasteiger partial charge < -0.3 is 0 Å². The van der Waals surface area contributed by atoms with Crippen LogP contribution in [0.3, 0.4) is 0 Å². The third-order valence-corrected chi connectivity index (χ3v) is 4.39. The van der Waals surface area contributed by atoms with E-state index in [0.717, 1.165) is 0 Å². The summed E-state index contributed by atoms with van der Waals surface area (Å²) in [5.41, 5.74) is 0.403. The molecule has 0 fully saturated rings. The molecule has 9 heteroatoms. The summed E-state index contributed by atoms with van der Waals surface area (Å²) in [7, 11) is -4.02. The minimum absolute atomic E-state index is 0.0778. The van der Waals surface area contributed by atoms with Crippen molar-refractivity contribution in [1.82, 2.24) is 9.97 Å². The predicted molar refractivity (Wildman–Crippen MR) is 78.8 cm³/mol. The number of aromatic nitrogens is 2. The third-order valence-electron chi connectivity index (χ3n) is 2.54. The van der Waals surface area contributed by atoms with Crippen molar-refractivity contribution < 1.29 is 8.42 Å². The number of nitrogens with one attached hydrogen (secondary N) is 1. The maximum atomic E-state index is 12.3. The molecule has 0 unspecified atom stereocenters. The monoisotopic (exact) mass is 342 g/mol. The van der Waals surface area contributed by atoms with Gasteiger partial charge in [-0.1, -0.05) is 23.2 Å². The van der Waals surface area contributed by atoms with Gasteiger partial charge in [-0.2, -0.15) is 5.26 Å². The zero-order chi connectivity index (χ0) is 15.6. The van der Waals surface area contributed by atoms with Gasteiger partial charge in [-0.15, -0.1) is 0 Å². The first kappa shape index (κ1) is 15.5. The van der Waals surface area contributed by atoms with Gasteiger partial charge in [0, 0.05) is 6.20 Å². The van der Waals surface area contributed by atoms with Crippen LogP contribution in [0.25, 0.3) is 0 Å². The van der Waals surface area contributed by atoms with Gasteiger partial charge >= 0.3 is 0 Å². The molecule has 0 aromatic carbocycles. The molecule has 0 radical (unpaired) electrons. The van der Waals surface area contributed by atoms with Crippen LogP contribution in [0.1, 0.15) is 11.3 Å². The first-order chi connectivity index (χ1) is 9.85. The summed E-state index contributed by atoms with van der Waals surface area (Å²) in [5, 5.41) is 9.01. The number of pyridine rings is 2. The lowest BCUT2D eigenvalue weighted by atomic mass is 10.3. The van der Waals surface area contributed by atoms with Crippen molar-refractivity contribution in [2.75, 3.05) is 4.72 Å². The van der Waals surface area contributed by atoms with E-state index in [4.69, 9.17) is 28.5 Å². The second-order valence-electron chi connectivity index (χ2n) is 4.00. The number of halogens is 2. The molecule has 0 bridgehead atoms. The van der Waals surface area contributed by atoms with Crippen molar-refractivity contribution >= 4 is 38.9 Å². The number of rotatable bonds is 3. The standard InChI is InChI=1S/C12H8Cl2N4O2S/c1-7-5-10(13)17-12(14)11(7)18-21(19,20)9-3-2-4-16-8(9)6-15/h2-5,18H,1H3. The van der Waals surface area contributed by atoms with Crippen LogP contribution in [0.4, 0.5) is 5.69 Å². The molecule has 0 aliphatic rings. The van der Waals surface area contributed by atoms with Gasteiger partial charge in [0.25, 0.3) is 10.0 Å². The van der Waals surface area contributed by atoms with E-state index in [1.54, 1.807) is 13.0 Å². The molecule has 0 aliphatic carbocycles. The van der Waals surface area contributed by atoms with E-state index in [2.05, 4.69) is 14.7 Å². The summed E-state index contributed by atoms with van der Waals surface area (Å²) < 4.78 is 27.0.